The van der Waals surface area contributed by atoms with Gasteiger partial charge in [0.25, 0.3) is 0 Å². The van der Waals surface area contributed by atoms with Crippen molar-refractivity contribution >= 4 is 5.91 Å². The van der Waals surface area contributed by atoms with Gasteiger partial charge in [-0.25, -0.2) is 0 Å². The van der Waals surface area contributed by atoms with E-state index in [1.165, 1.54) is 6.42 Å². The van der Waals surface area contributed by atoms with Crippen molar-refractivity contribution in [3.63, 3.8) is 0 Å². The zero-order chi connectivity index (χ0) is 15.3. The molecule has 0 aromatic carbocycles. The molecule has 1 aromatic rings. The van der Waals surface area contributed by atoms with E-state index in [9.17, 15) is 4.79 Å². The SMILES string of the molecule is CC.CC1CCCN(C(=O)c2nc(C(C)(C)C)no2)C1. The molecule has 2 rings (SSSR count). The van der Waals surface area contributed by atoms with E-state index in [1.54, 1.807) is 0 Å². The number of amides is 1. The number of nitrogens with zero attached hydrogens (tertiary/aromatic N) is 3. The summed E-state index contributed by atoms with van der Waals surface area (Å²) in [6.07, 6.45) is 2.23. The van der Waals surface area contributed by atoms with Crippen LogP contribution in [0.5, 0.6) is 0 Å². The average Bonchev–Trinajstić information content (AvgIpc) is 2.90. The van der Waals surface area contributed by atoms with Crippen molar-refractivity contribution < 1.29 is 9.32 Å². The van der Waals surface area contributed by atoms with Gasteiger partial charge in [-0.05, 0) is 18.8 Å². The number of aromatic nitrogens is 2. The Balaban J connectivity index is 0.000000956. The van der Waals surface area contributed by atoms with Crippen molar-refractivity contribution in [2.75, 3.05) is 13.1 Å². The van der Waals surface area contributed by atoms with Gasteiger partial charge in [-0.3, -0.25) is 4.79 Å². The molecule has 0 radical (unpaired) electrons. The van der Waals surface area contributed by atoms with Crippen LogP contribution in [0, 0.1) is 5.92 Å². The quantitative estimate of drug-likeness (QED) is 0.792. The highest BCUT2D eigenvalue weighted by molar-refractivity contribution is 5.89. The van der Waals surface area contributed by atoms with Crippen LogP contribution in [0.1, 0.15) is 70.9 Å². The van der Waals surface area contributed by atoms with Gasteiger partial charge in [0.1, 0.15) is 0 Å². The fourth-order valence-corrected chi connectivity index (χ4v) is 2.12. The second kappa shape index (κ2) is 6.86. The molecule has 1 saturated heterocycles. The number of carbonyl (C=O) groups is 1. The third-order valence-electron chi connectivity index (χ3n) is 3.22. The zero-order valence-corrected chi connectivity index (χ0v) is 13.6. The molecule has 0 saturated carbocycles. The monoisotopic (exact) mass is 281 g/mol. The van der Waals surface area contributed by atoms with E-state index >= 15 is 0 Å². The van der Waals surface area contributed by atoms with E-state index in [1.807, 2.05) is 39.5 Å². The Labute approximate surface area is 121 Å². The van der Waals surface area contributed by atoms with E-state index < -0.39 is 0 Å². The lowest BCUT2D eigenvalue weighted by molar-refractivity contribution is 0.0633. The Morgan fingerprint density at radius 3 is 2.50 bits per heavy atom. The van der Waals surface area contributed by atoms with Crippen molar-refractivity contribution in [2.45, 2.75) is 59.8 Å². The molecule has 1 aliphatic heterocycles. The number of hydrogen-bond donors (Lipinski definition) is 0. The predicted octanol–water partition coefficient (Wildman–Crippen LogP) is 3.27. The van der Waals surface area contributed by atoms with E-state index in [0.29, 0.717) is 11.7 Å². The zero-order valence-electron chi connectivity index (χ0n) is 13.6. The van der Waals surface area contributed by atoms with Crippen LogP contribution in [0.3, 0.4) is 0 Å². The number of piperidine rings is 1. The molecular weight excluding hydrogens is 254 g/mol. The maximum absolute atomic E-state index is 12.2. The first kappa shape index (κ1) is 16.7. The third-order valence-corrected chi connectivity index (χ3v) is 3.22. The van der Waals surface area contributed by atoms with Crippen LogP contribution in [0.25, 0.3) is 0 Å². The summed E-state index contributed by atoms with van der Waals surface area (Å²) in [5.74, 6) is 1.11. The summed E-state index contributed by atoms with van der Waals surface area (Å²) in [7, 11) is 0. The number of rotatable bonds is 1. The standard InChI is InChI=1S/C13H21N3O2.C2H6/c1-9-6-5-7-16(8-9)11(17)10-14-12(15-18-10)13(2,3)4;1-2/h9H,5-8H2,1-4H3;1-2H3. The fourth-order valence-electron chi connectivity index (χ4n) is 2.12. The maximum Gasteiger partial charge on any atom is 0.316 e. The number of carbonyl (C=O) groups excluding carboxylic acids is 1. The Morgan fingerprint density at radius 2 is 2.00 bits per heavy atom. The normalized spacial score (nSPS) is 19.3. The van der Waals surface area contributed by atoms with Crippen molar-refractivity contribution in [3.8, 4) is 0 Å². The van der Waals surface area contributed by atoms with E-state index in [4.69, 9.17) is 4.52 Å². The molecule has 0 N–H and O–H groups in total. The lowest BCUT2D eigenvalue weighted by Crippen LogP contribution is -2.39. The Morgan fingerprint density at radius 1 is 1.35 bits per heavy atom. The summed E-state index contributed by atoms with van der Waals surface area (Å²) in [6.45, 7) is 13.7. The smallest absolute Gasteiger partial charge is 0.316 e. The highest BCUT2D eigenvalue weighted by Crippen LogP contribution is 2.21. The van der Waals surface area contributed by atoms with Crippen molar-refractivity contribution in [1.29, 1.82) is 0 Å². The number of hydrogen-bond acceptors (Lipinski definition) is 4. The van der Waals surface area contributed by atoms with Crippen LogP contribution in [-0.2, 0) is 5.41 Å². The van der Waals surface area contributed by atoms with E-state index in [0.717, 1.165) is 19.5 Å². The molecule has 5 nitrogen and oxygen atoms in total. The van der Waals surface area contributed by atoms with Crippen molar-refractivity contribution in [2.24, 2.45) is 5.92 Å². The van der Waals surface area contributed by atoms with Gasteiger partial charge in [0.05, 0.1) is 0 Å². The molecule has 114 valence electrons. The first-order chi connectivity index (χ1) is 9.38. The summed E-state index contributed by atoms with van der Waals surface area (Å²) in [6, 6.07) is 0. The van der Waals surface area contributed by atoms with Gasteiger partial charge in [-0.1, -0.05) is 46.7 Å². The molecule has 1 unspecified atom stereocenters. The molecule has 0 bridgehead atoms. The van der Waals surface area contributed by atoms with Crippen LogP contribution in [0.15, 0.2) is 4.52 Å². The first-order valence-corrected chi connectivity index (χ1v) is 7.51. The molecular formula is C15H27N3O2. The Bertz CT molecular complexity index is 435. The van der Waals surface area contributed by atoms with Gasteiger partial charge >= 0.3 is 11.8 Å². The van der Waals surface area contributed by atoms with Crippen molar-refractivity contribution in [3.05, 3.63) is 11.7 Å². The summed E-state index contributed by atoms with van der Waals surface area (Å²) >= 11 is 0. The highest BCUT2D eigenvalue weighted by Gasteiger charge is 2.28. The lowest BCUT2D eigenvalue weighted by atomic mass is 9.96. The molecule has 0 aliphatic carbocycles. The van der Waals surface area contributed by atoms with Crippen LogP contribution in [0.2, 0.25) is 0 Å². The predicted molar refractivity (Wildman–Crippen MR) is 78.6 cm³/mol. The second-order valence-corrected chi connectivity index (χ2v) is 6.17. The molecule has 1 amide bonds. The van der Waals surface area contributed by atoms with Gasteiger partial charge < -0.3 is 9.42 Å². The minimum atomic E-state index is -0.197. The molecule has 1 aromatic heterocycles. The molecule has 1 aliphatic rings. The molecule has 2 heterocycles. The van der Waals surface area contributed by atoms with Gasteiger partial charge in [0.2, 0.25) is 0 Å². The van der Waals surface area contributed by atoms with Gasteiger partial charge in [0, 0.05) is 18.5 Å². The molecule has 0 spiro atoms. The van der Waals surface area contributed by atoms with Gasteiger partial charge in [-0.2, -0.15) is 4.98 Å². The third kappa shape index (κ3) is 4.05. The van der Waals surface area contributed by atoms with Gasteiger partial charge in [0.15, 0.2) is 5.82 Å². The largest absolute Gasteiger partial charge is 0.334 e. The topological polar surface area (TPSA) is 59.2 Å². The summed E-state index contributed by atoms with van der Waals surface area (Å²) in [4.78, 5) is 18.2. The second-order valence-electron chi connectivity index (χ2n) is 6.17. The van der Waals surface area contributed by atoms with E-state index in [2.05, 4.69) is 17.1 Å². The van der Waals surface area contributed by atoms with Crippen LogP contribution in [-0.4, -0.2) is 34.0 Å². The minimum Gasteiger partial charge on any atom is -0.334 e. The minimum absolute atomic E-state index is 0.119. The number of likely N-dealkylation sites (tertiary alicyclic amines) is 1. The fraction of sp³-hybridized carbons (Fsp3) is 0.800. The Kier molecular flexibility index (Phi) is 5.72. The van der Waals surface area contributed by atoms with Crippen LogP contribution >= 0.6 is 0 Å². The average molecular weight is 281 g/mol. The van der Waals surface area contributed by atoms with E-state index in [-0.39, 0.29) is 17.2 Å². The van der Waals surface area contributed by atoms with Gasteiger partial charge in [-0.15, -0.1) is 0 Å². The first-order valence-electron chi connectivity index (χ1n) is 7.51. The summed E-state index contributed by atoms with van der Waals surface area (Å²) < 4.78 is 5.09. The molecule has 1 atom stereocenters. The summed E-state index contributed by atoms with van der Waals surface area (Å²) in [5.41, 5.74) is -0.197. The lowest BCUT2D eigenvalue weighted by Gasteiger charge is -2.29. The van der Waals surface area contributed by atoms with Crippen LogP contribution in [0.4, 0.5) is 0 Å². The highest BCUT2D eigenvalue weighted by atomic mass is 16.5. The maximum atomic E-state index is 12.2. The van der Waals surface area contributed by atoms with Crippen molar-refractivity contribution in [1.82, 2.24) is 15.0 Å². The van der Waals surface area contributed by atoms with Crippen LogP contribution < -0.4 is 0 Å². The molecule has 5 heteroatoms. The summed E-state index contributed by atoms with van der Waals surface area (Å²) in [5, 5.41) is 3.89. The molecule has 20 heavy (non-hydrogen) atoms. The Hall–Kier alpha value is -1.39. The molecule has 1 fully saturated rings.